The van der Waals surface area contributed by atoms with Crippen LogP contribution in [0.3, 0.4) is 0 Å². The number of hydrogen-bond acceptors (Lipinski definition) is 5. The molecule has 0 atom stereocenters. The summed E-state index contributed by atoms with van der Waals surface area (Å²) in [4.78, 5) is 28.7. The van der Waals surface area contributed by atoms with E-state index >= 15 is 0 Å². The first kappa shape index (κ1) is 19.8. The SMILES string of the molecule is CS(=O)(=O)C1(C(=O)N2CCN(C(=O)c3ccc(F)cc3)CC2)CCNCC1. The molecule has 1 N–H and O–H groups in total. The lowest BCUT2D eigenvalue weighted by Gasteiger charge is -2.42. The zero-order valence-corrected chi connectivity index (χ0v) is 16.1. The molecule has 27 heavy (non-hydrogen) atoms. The Hall–Kier alpha value is -2.00. The second-order valence-corrected chi connectivity index (χ2v) is 9.43. The van der Waals surface area contributed by atoms with E-state index in [1.165, 1.54) is 24.3 Å². The van der Waals surface area contributed by atoms with Gasteiger partial charge in [0, 0.05) is 38.0 Å². The monoisotopic (exact) mass is 397 g/mol. The first-order valence-corrected chi connectivity index (χ1v) is 10.9. The minimum Gasteiger partial charge on any atom is -0.338 e. The van der Waals surface area contributed by atoms with Gasteiger partial charge in [0.05, 0.1) is 0 Å². The van der Waals surface area contributed by atoms with Crippen molar-refractivity contribution in [3.05, 3.63) is 35.6 Å². The van der Waals surface area contributed by atoms with Crippen molar-refractivity contribution in [1.82, 2.24) is 15.1 Å². The lowest BCUT2D eigenvalue weighted by Crippen LogP contribution is -2.61. The molecule has 0 radical (unpaired) electrons. The van der Waals surface area contributed by atoms with Crippen LogP contribution < -0.4 is 5.32 Å². The number of piperidine rings is 1. The van der Waals surface area contributed by atoms with Crippen LogP contribution in [0, 0.1) is 5.82 Å². The van der Waals surface area contributed by atoms with E-state index in [1.54, 1.807) is 9.80 Å². The second-order valence-electron chi connectivity index (χ2n) is 7.11. The minimum absolute atomic E-state index is 0.221. The zero-order valence-electron chi connectivity index (χ0n) is 15.3. The largest absolute Gasteiger partial charge is 0.338 e. The molecule has 3 rings (SSSR count). The van der Waals surface area contributed by atoms with Crippen LogP contribution in [0.15, 0.2) is 24.3 Å². The molecule has 1 aromatic rings. The predicted octanol–water partition coefficient (Wildman–Crippen LogP) is 0.277. The summed E-state index contributed by atoms with van der Waals surface area (Å²) < 4.78 is 36.5. The second kappa shape index (κ2) is 7.55. The number of nitrogens with one attached hydrogen (secondary N) is 1. The number of piperazine rings is 1. The molecule has 148 valence electrons. The summed E-state index contributed by atoms with van der Waals surface area (Å²) in [5.41, 5.74) is 0.391. The lowest BCUT2D eigenvalue weighted by molar-refractivity contribution is -0.136. The maximum absolute atomic E-state index is 13.1. The average molecular weight is 397 g/mol. The van der Waals surface area contributed by atoms with Crippen LogP contribution in [0.4, 0.5) is 4.39 Å². The Kier molecular flexibility index (Phi) is 5.53. The van der Waals surface area contributed by atoms with Crippen LogP contribution in [0.5, 0.6) is 0 Å². The standard InChI is InChI=1S/C18H24FN3O4S/c1-27(25,26)18(6-8-20-9-7-18)17(24)22-12-10-21(11-13-22)16(23)14-2-4-15(19)5-3-14/h2-5,20H,6-13H2,1H3. The number of nitrogens with zero attached hydrogens (tertiary/aromatic N) is 2. The fraction of sp³-hybridized carbons (Fsp3) is 0.556. The van der Waals surface area contributed by atoms with Gasteiger partial charge in [-0.15, -0.1) is 0 Å². The third kappa shape index (κ3) is 3.84. The van der Waals surface area contributed by atoms with Crippen molar-refractivity contribution in [2.45, 2.75) is 17.6 Å². The molecule has 2 aliphatic rings. The maximum atomic E-state index is 13.1. The Morgan fingerprint density at radius 3 is 2.04 bits per heavy atom. The number of amides is 2. The number of benzene rings is 1. The predicted molar refractivity (Wildman–Crippen MR) is 98.6 cm³/mol. The Balaban J connectivity index is 1.68. The van der Waals surface area contributed by atoms with Crippen LogP contribution in [-0.2, 0) is 14.6 Å². The number of carbonyl (C=O) groups is 2. The van der Waals surface area contributed by atoms with Crippen LogP contribution >= 0.6 is 0 Å². The molecular weight excluding hydrogens is 373 g/mol. The highest BCUT2D eigenvalue weighted by atomic mass is 32.2. The van der Waals surface area contributed by atoms with Crippen LogP contribution in [0.1, 0.15) is 23.2 Å². The van der Waals surface area contributed by atoms with Gasteiger partial charge in [-0.05, 0) is 50.2 Å². The highest BCUT2D eigenvalue weighted by Gasteiger charge is 2.50. The summed E-state index contributed by atoms with van der Waals surface area (Å²) in [6, 6.07) is 5.34. The molecule has 0 bridgehead atoms. The molecule has 2 fully saturated rings. The Labute approximate surface area is 158 Å². The van der Waals surface area contributed by atoms with Crippen LogP contribution in [-0.4, -0.2) is 80.3 Å². The summed E-state index contributed by atoms with van der Waals surface area (Å²) in [5, 5.41) is 3.10. The molecule has 0 aromatic heterocycles. The first-order valence-electron chi connectivity index (χ1n) is 8.99. The van der Waals surface area contributed by atoms with E-state index in [0.29, 0.717) is 31.7 Å². The third-order valence-corrected chi connectivity index (χ3v) is 7.46. The van der Waals surface area contributed by atoms with Gasteiger partial charge in [0.15, 0.2) is 14.6 Å². The van der Waals surface area contributed by atoms with E-state index in [1.807, 2.05) is 0 Å². The summed E-state index contributed by atoms with van der Waals surface area (Å²) in [7, 11) is -3.56. The third-order valence-electron chi connectivity index (χ3n) is 5.46. The topological polar surface area (TPSA) is 86.8 Å². The first-order chi connectivity index (χ1) is 12.7. The maximum Gasteiger partial charge on any atom is 0.253 e. The molecule has 0 spiro atoms. The van der Waals surface area contributed by atoms with Crippen molar-refractivity contribution in [2.24, 2.45) is 0 Å². The Bertz CT molecular complexity index is 812. The fourth-order valence-electron chi connectivity index (χ4n) is 3.75. The molecule has 0 aliphatic carbocycles. The number of sulfone groups is 1. The molecule has 0 saturated carbocycles. The normalized spacial score (nSPS) is 20.4. The molecule has 2 heterocycles. The van der Waals surface area contributed by atoms with Gasteiger partial charge in [0.25, 0.3) is 5.91 Å². The number of carbonyl (C=O) groups excluding carboxylic acids is 2. The molecule has 0 unspecified atom stereocenters. The minimum atomic E-state index is -3.56. The van der Waals surface area contributed by atoms with Crippen LogP contribution in [0.2, 0.25) is 0 Å². The van der Waals surface area contributed by atoms with E-state index < -0.39 is 20.4 Å². The number of rotatable bonds is 3. The summed E-state index contributed by atoms with van der Waals surface area (Å²) in [5.74, 6) is -0.989. The number of halogens is 1. The number of hydrogen-bond donors (Lipinski definition) is 1. The molecule has 2 amide bonds. The van der Waals surface area contributed by atoms with E-state index in [9.17, 15) is 22.4 Å². The van der Waals surface area contributed by atoms with Crippen molar-refractivity contribution in [3.63, 3.8) is 0 Å². The van der Waals surface area contributed by atoms with Crippen molar-refractivity contribution in [1.29, 1.82) is 0 Å². The molecule has 2 saturated heterocycles. The van der Waals surface area contributed by atoms with E-state index in [2.05, 4.69) is 5.32 Å². The summed E-state index contributed by atoms with van der Waals surface area (Å²) in [6.07, 6.45) is 1.66. The van der Waals surface area contributed by atoms with Gasteiger partial charge in [-0.25, -0.2) is 12.8 Å². The molecular formula is C18H24FN3O4S. The fourth-order valence-corrected chi connectivity index (χ4v) is 5.14. The van der Waals surface area contributed by atoms with Crippen LogP contribution in [0.25, 0.3) is 0 Å². The van der Waals surface area contributed by atoms with Gasteiger partial charge in [0.1, 0.15) is 5.82 Å². The zero-order chi connectivity index (χ0) is 19.7. The molecule has 2 aliphatic heterocycles. The Morgan fingerprint density at radius 2 is 1.52 bits per heavy atom. The Morgan fingerprint density at radius 1 is 1.00 bits per heavy atom. The van der Waals surface area contributed by atoms with Gasteiger partial charge in [0.2, 0.25) is 5.91 Å². The van der Waals surface area contributed by atoms with E-state index in [4.69, 9.17) is 0 Å². The molecule has 9 heteroatoms. The lowest BCUT2D eigenvalue weighted by atomic mass is 9.94. The molecule has 7 nitrogen and oxygen atoms in total. The smallest absolute Gasteiger partial charge is 0.253 e. The van der Waals surface area contributed by atoms with Gasteiger partial charge >= 0.3 is 0 Å². The summed E-state index contributed by atoms with van der Waals surface area (Å²) >= 11 is 0. The highest BCUT2D eigenvalue weighted by Crippen LogP contribution is 2.30. The van der Waals surface area contributed by atoms with Gasteiger partial charge < -0.3 is 15.1 Å². The molecule has 1 aromatic carbocycles. The summed E-state index contributed by atoms with van der Waals surface area (Å²) in [6.45, 7) is 2.19. The van der Waals surface area contributed by atoms with Crippen molar-refractivity contribution < 1.29 is 22.4 Å². The van der Waals surface area contributed by atoms with Crippen molar-refractivity contribution in [2.75, 3.05) is 45.5 Å². The van der Waals surface area contributed by atoms with Crippen molar-refractivity contribution >= 4 is 21.7 Å². The highest BCUT2D eigenvalue weighted by molar-refractivity contribution is 7.92. The van der Waals surface area contributed by atoms with E-state index in [0.717, 1.165) is 6.26 Å². The van der Waals surface area contributed by atoms with Gasteiger partial charge in [-0.1, -0.05) is 0 Å². The quantitative estimate of drug-likeness (QED) is 0.792. The van der Waals surface area contributed by atoms with Gasteiger partial charge in [-0.3, -0.25) is 9.59 Å². The van der Waals surface area contributed by atoms with Crippen molar-refractivity contribution in [3.8, 4) is 0 Å². The van der Waals surface area contributed by atoms with Gasteiger partial charge in [-0.2, -0.15) is 0 Å². The van der Waals surface area contributed by atoms with E-state index in [-0.39, 0.29) is 37.7 Å². The average Bonchev–Trinajstić information content (AvgIpc) is 2.67.